The Bertz CT molecular complexity index is 882. The number of nitriles is 1. The lowest BCUT2D eigenvalue weighted by atomic mass is 10.1. The van der Waals surface area contributed by atoms with Crippen LogP contribution in [0.3, 0.4) is 0 Å². The number of anilines is 1. The van der Waals surface area contributed by atoms with Gasteiger partial charge in [0.15, 0.2) is 0 Å². The number of hydrogen-bond donors (Lipinski definition) is 0. The Hall–Kier alpha value is -2.95. The minimum absolute atomic E-state index is 0.0716. The Labute approximate surface area is 157 Å². The summed E-state index contributed by atoms with van der Waals surface area (Å²) in [6.45, 7) is 3.00. The van der Waals surface area contributed by atoms with Crippen molar-refractivity contribution in [2.45, 2.75) is 0 Å². The number of carbonyl (C=O) groups excluding carboxylic acids is 1. The van der Waals surface area contributed by atoms with Crippen LogP contribution in [-0.4, -0.2) is 57.6 Å². The van der Waals surface area contributed by atoms with Gasteiger partial charge in [0, 0.05) is 31.1 Å². The Morgan fingerprint density at radius 1 is 1.33 bits per heavy atom. The third kappa shape index (κ3) is 4.61. The summed E-state index contributed by atoms with van der Waals surface area (Å²) in [6.07, 6.45) is 1.54. The number of morpholine rings is 1. The summed E-state index contributed by atoms with van der Waals surface area (Å²) < 4.78 is 15.4. The summed E-state index contributed by atoms with van der Waals surface area (Å²) in [4.78, 5) is 19.1. The number of ether oxygens (including phenoxy) is 3. The summed E-state index contributed by atoms with van der Waals surface area (Å²) >= 11 is 0. The van der Waals surface area contributed by atoms with Crippen molar-refractivity contribution < 1.29 is 19.0 Å². The molecule has 3 rings (SSSR count). The standard InChI is InChI=1S/C20H21N3O4/c1-25-10-11-27-20(24)17(14-21)13-16-12-15-4-2-3-5-18(15)22-19(16)23-6-8-26-9-7-23/h2-5,12-13H,6-11H2,1H3/b17-13+. The van der Waals surface area contributed by atoms with E-state index in [4.69, 9.17) is 19.2 Å². The van der Waals surface area contributed by atoms with E-state index in [0.29, 0.717) is 31.9 Å². The van der Waals surface area contributed by atoms with Crippen LogP contribution in [0.5, 0.6) is 0 Å². The second kappa shape index (κ2) is 9.12. The maximum atomic E-state index is 12.2. The van der Waals surface area contributed by atoms with Crippen molar-refractivity contribution in [3.63, 3.8) is 0 Å². The molecule has 2 aromatic rings. The van der Waals surface area contributed by atoms with Crippen molar-refractivity contribution in [3.05, 3.63) is 41.5 Å². The van der Waals surface area contributed by atoms with Crippen molar-refractivity contribution in [1.82, 2.24) is 4.98 Å². The number of fused-ring (bicyclic) bond motifs is 1. The van der Waals surface area contributed by atoms with E-state index in [0.717, 1.165) is 16.7 Å². The minimum atomic E-state index is -0.671. The lowest BCUT2D eigenvalue weighted by molar-refractivity contribution is -0.139. The van der Waals surface area contributed by atoms with E-state index < -0.39 is 5.97 Å². The van der Waals surface area contributed by atoms with Crippen LogP contribution in [0.1, 0.15) is 5.56 Å². The second-order valence-corrected chi connectivity index (χ2v) is 5.99. The molecular weight excluding hydrogens is 346 g/mol. The van der Waals surface area contributed by atoms with Crippen LogP contribution in [0.25, 0.3) is 17.0 Å². The topological polar surface area (TPSA) is 84.7 Å². The highest BCUT2D eigenvalue weighted by Crippen LogP contribution is 2.26. The summed E-state index contributed by atoms with van der Waals surface area (Å²) in [5, 5.41) is 10.4. The molecule has 0 saturated carbocycles. The van der Waals surface area contributed by atoms with Crippen molar-refractivity contribution in [2.24, 2.45) is 0 Å². The quantitative estimate of drug-likeness (QED) is 0.335. The van der Waals surface area contributed by atoms with Crippen LogP contribution in [0.15, 0.2) is 35.9 Å². The van der Waals surface area contributed by atoms with Gasteiger partial charge in [0.1, 0.15) is 24.1 Å². The highest BCUT2D eigenvalue weighted by molar-refractivity contribution is 5.99. The van der Waals surface area contributed by atoms with Gasteiger partial charge in [0.25, 0.3) is 0 Å². The van der Waals surface area contributed by atoms with Gasteiger partial charge in [-0.2, -0.15) is 5.26 Å². The highest BCUT2D eigenvalue weighted by Gasteiger charge is 2.18. The Kier molecular flexibility index (Phi) is 6.36. The SMILES string of the molecule is COCCOC(=O)/C(C#N)=C/c1cc2ccccc2nc1N1CCOCC1. The van der Waals surface area contributed by atoms with Crippen LogP contribution in [0.4, 0.5) is 5.82 Å². The Balaban J connectivity index is 1.99. The van der Waals surface area contributed by atoms with Gasteiger partial charge in [0.2, 0.25) is 0 Å². The number of pyridine rings is 1. The van der Waals surface area contributed by atoms with Crippen LogP contribution >= 0.6 is 0 Å². The number of carbonyl (C=O) groups is 1. The summed E-state index contributed by atoms with van der Waals surface area (Å²) in [6, 6.07) is 11.6. The van der Waals surface area contributed by atoms with Gasteiger partial charge in [-0.25, -0.2) is 9.78 Å². The van der Waals surface area contributed by atoms with Gasteiger partial charge in [-0.15, -0.1) is 0 Å². The Morgan fingerprint density at radius 2 is 2.11 bits per heavy atom. The maximum absolute atomic E-state index is 12.2. The van der Waals surface area contributed by atoms with Gasteiger partial charge < -0.3 is 19.1 Å². The largest absolute Gasteiger partial charge is 0.459 e. The predicted octanol–water partition coefficient (Wildman–Crippen LogP) is 2.17. The fourth-order valence-electron chi connectivity index (χ4n) is 2.84. The minimum Gasteiger partial charge on any atom is -0.459 e. The van der Waals surface area contributed by atoms with E-state index in [-0.39, 0.29) is 18.8 Å². The van der Waals surface area contributed by atoms with Gasteiger partial charge in [0.05, 0.1) is 25.3 Å². The molecular formula is C20H21N3O4. The average Bonchev–Trinajstić information content (AvgIpc) is 2.72. The van der Waals surface area contributed by atoms with Crippen molar-refractivity contribution >= 4 is 28.8 Å². The molecule has 0 aliphatic carbocycles. The first-order chi connectivity index (χ1) is 13.2. The van der Waals surface area contributed by atoms with Crippen LogP contribution in [0.2, 0.25) is 0 Å². The van der Waals surface area contributed by atoms with Crippen LogP contribution < -0.4 is 4.90 Å². The monoisotopic (exact) mass is 367 g/mol. The number of benzene rings is 1. The molecule has 0 atom stereocenters. The van der Waals surface area contributed by atoms with Gasteiger partial charge >= 0.3 is 5.97 Å². The van der Waals surface area contributed by atoms with E-state index in [2.05, 4.69) is 4.90 Å². The third-order valence-electron chi connectivity index (χ3n) is 4.20. The zero-order chi connectivity index (χ0) is 19.1. The van der Waals surface area contributed by atoms with E-state index in [1.54, 1.807) is 6.08 Å². The number of hydrogen-bond acceptors (Lipinski definition) is 7. The van der Waals surface area contributed by atoms with Crippen LogP contribution in [0, 0.1) is 11.3 Å². The molecule has 0 radical (unpaired) electrons. The molecule has 0 bridgehead atoms. The van der Waals surface area contributed by atoms with E-state index >= 15 is 0 Å². The second-order valence-electron chi connectivity index (χ2n) is 5.99. The average molecular weight is 367 g/mol. The number of methoxy groups -OCH3 is 1. The van der Waals surface area contributed by atoms with Gasteiger partial charge in [-0.3, -0.25) is 0 Å². The smallest absolute Gasteiger partial charge is 0.348 e. The number of para-hydroxylation sites is 1. The molecule has 1 fully saturated rings. The third-order valence-corrected chi connectivity index (χ3v) is 4.20. The first-order valence-corrected chi connectivity index (χ1v) is 8.73. The molecule has 27 heavy (non-hydrogen) atoms. The predicted molar refractivity (Wildman–Crippen MR) is 101 cm³/mol. The first kappa shape index (κ1) is 18.8. The van der Waals surface area contributed by atoms with Crippen molar-refractivity contribution in [3.8, 4) is 6.07 Å². The summed E-state index contributed by atoms with van der Waals surface area (Å²) in [7, 11) is 1.52. The zero-order valence-corrected chi connectivity index (χ0v) is 15.2. The fourth-order valence-corrected chi connectivity index (χ4v) is 2.84. The molecule has 0 N–H and O–H groups in total. The number of nitrogens with zero attached hydrogens (tertiary/aromatic N) is 3. The molecule has 7 nitrogen and oxygen atoms in total. The number of esters is 1. The lowest BCUT2D eigenvalue weighted by Crippen LogP contribution is -2.37. The molecule has 0 amide bonds. The number of rotatable bonds is 6. The Morgan fingerprint density at radius 3 is 2.85 bits per heavy atom. The normalized spacial score (nSPS) is 14.8. The maximum Gasteiger partial charge on any atom is 0.348 e. The highest BCUT2D eigenvalue weighted by atomic mass is 16.6. The van der Waals surface area contributed by atoms with E-state index in [9.17, 15) is 10.1 Å². The van der Waals surface area contributed by atoms with E-state index in [1.807, 2.05) is 36.4 Å². The molecule has 1 aliphatic rings. The molecule has 0 unspecified atom stereocenters. The first-order valence-electron chi connectivity index (χ1n) is 8.73. The van der Waals surface area contributed by atoms with Crippen LogP contribution in [-0.2, 0) is 19.0 Å². The van der Waals surface area contributed by atoms with Crippen molar-refractivity contribution in [1.29, 1.82) is 5.26 Å². The zero-order valence-electron chi connectivity index (χ0n) is 15.2. The van der Waals surface area contributed by atoms with E-state index in [1.165, 1.54) is 7.11 Å². The molecule has 0 spiro atoms. The van der Waals surface area contributed by atoms with Crippen molar-refractivity contribution in [2.75, 3.05) is 51.5 Å². The van der Waals surface area contributed by atoms with Gasteiger partial charge in [-0.05, 0) is 18.2 Å². The summed E-state index contributed by atoms with van der Waals surface area (Å²) in [5.41, 5.74) is 1.49. The molecule has 7 heteroatoms. The lowest BCUT2D eigenvalue weighted by Gasteiger charge is -2.29. The molecule has 1 aromatic heterocycles. The molecule has 1 aromatic carbocycles. The summed E-state index contributed by atoms with van der Waals surface area (Å²) in [5.74, 6) is 0.0603. The molecule has 2 heterocycles. The molecule has 1 saturated heterocycles. The molecule has 140 valence electrons. The fraction of sp³-hybridized carbons (Fsp3) is 0.350. The van der Waals surface area contributed by atoms with Gasteiger partial charge in [-0.1, -0.05) is 18.2 Å². The molecule has 1 aliphatic heterocycles. The number of aromatic nitrogens is 1.